The maximum atomic E-state index is 12.4. The molecule has 1 fully saturated rings. The number of carboxylic acids is 1. The molecular weight excluding hydrogens is 563 g/mol. The second-order valence-corrected chi connectivity index (χ2v) is 10.9. The summed E-state index contributed by atoms with van der Waals surface area (Å²) in [6.07, 6.45) is -0.501. The van der Waals surface area contributed by atoms with E-state index in [9.17, 15) is 18.0 Å². The van der Waals surface area contributed by atoms with Gasteiger partial charge in [-0.25, -0.2) is 9.78 Å². The molecule has 3 heterocycles. The standard InChI is InChI=1S/C21H23N5O2S3.C2HF3O2/c1-29-21-16(17(18(31-21)19(23)24)20-25-6-8-30-20)12-3-2-4-14(9-12)28-11-15(27)26-7-5-13(22)10-26;3-2(4,5)1(6)7/h2-4,6,8-9,13H,5,7,10-11,22H2,1H3,(H3,23,24);(H,6,7). The largest absolute Gasteiger partial charge is 0.490 e. The number of aliphatic carboxylic acids is 1. The molecule has 0 spiro atoms. The number of nitrogen functional groups attached to an aromatic ring is 1. The number of amidine groups is 1. The van der Waals surface area contributed by atoms with Crippen LogP contribution in [0.4, 0.5) is 13.2 Å². The van der Waals surface area contributed by atoms with Crippen molar-refractivity contribution < 1.29 is 32.6 Å². The fraction of sp³-hybridized carbons (Fsp3) is 0.304. The first-order valence-electron chi connectivity index (χ1n) is 10.9. The maximum Gasteiger partial charge on any atom is 0.490 e. The van der Waals surface area contributed by atoms with Crippen LogP contribution in [0.5, 0.6) is 5.75 Å². The molecule has 0 bridgehead atoms. The van der Waals surface area contributed by atoms with Crippen LogP contribution in [0.1, 0.15) is 11.3 Å². The number of hydrogen-bond donors (Lipinski definition) is 4. The molecule has 204 valence electrons. The number of amides is 1. The summed E-state index contributed by atoms with van der Waals surface area (Å²) in [5, 5.41) is 17.9. The van der Waals surface area contributed by atoms with Gasteiger partial charge in [0, 0.05) is 41.8 Å². The first kappa shape index (κ1) is 29.4. The number of thioether (sulfide) groups is 1. The number of carboxylic acid groups (broad SMARTS) is 1. The summed E-state index contributed by atoms with van der Waals surface area (Å²) in [4.78, 5) is 28.2. The predicted molar refractivity (Wildman–Crippen MR) is 142 cm³/mol. The fourth-order valence-electron chi connectivity index (χ4n) is 3.55. The highest BCUT2D eigenvalue weighted by atomic mass is 32.2. The number of carbonyl (C=O) groups is 2. The second-order valence-electron chi connectivity index (χ2n) is 7.93. The van der Waals surface area contributed by atoms with Crippen LogP contribution in [0.25, 0.3) is 21.7 Å². The van der Waals surface area contributed by atoms with Crippen molar-refractivity contribution in [1.29, 1.82) is 5.41 Å². The molecule has 2 aromatic heterocycles. The highest BCUT2D eigenvalue weighted by molar-refractivity contribution is 8.00. The number of nitrogens with one attached hydrogen (secondary N) is 1. The van der Waals surface area contributed by atoms with Gasteiger partial charge in [-0.05, 0) is 30.4 Å². The van der Waals surface area contributed by atoms with Crippen LogP contribution < -0.4 is 16.2 Å². The highest BCUT2D eigenvalue weighted by Crippen LogP contribution is 2.47. The molecule has 4 rings (SSSR count). The summed E-state index contributed by atoms with van der Waals surface area (Å²) >= 11 is 4.62. The third kappa shape index (κ3) is 7.24. The summed E-state index contributed by atoms with van der Waals surface area (Å²) in [6.45, 7) is 1.24. The van der Waals surface area contributed by atoms with Gasteiger partial charge < -0.3 is 26.2 Å². The first-order chi connectivity index (χ1) is 17.9. The lowest BCUT2D eigenvalue weighted by atomic mass is 10.0. The van der Waals surface area contributed by atoms with Crippen molar-refractivity contribution in [3.8, 4) is 27.4 Å². The van der Waals surface area contributed by atoms with Crippen LogP contribution in [0, 0.1) is 5.41 Å². The lowest BCUT2D eigenvalue weighted by Gasteiger charge is -2.16. The molecule has 6 N–H and O–H groups in total. The molecule has 3 aromatic rings. The number of alkyl halides is 3. The average molecular weight is 588 g/mol. The van der Waals surface area contributed by atoms with Crippen molar-refractivity contribution in [3.63, 3.8) is 0 Å². The van der Waals surface area contributed by atoms with E-state index in [1.54, 1.807) is 22.9 Å². The normalized spacial score (nSPS) is 15.1. The van der Waals surface area contributed by atoms with Crippen molar-refractivity contribution in [2.24, 2.45) is 11.5 Å². The van der Waals surface area contributed by atoms with Gasteiger partial charge in [0.1, 0.15) is 16.6 Å². The number of carbonyl (C=O) groups excluding carboxylic acids is 1. The number of ether oxygens (including phenoxy) is 1. The van der Waals surface area contributed by atoms with Crippen LogP contribution in [-0.4, -0.2) is 70.9 Å². The number of nitrogens with two attached hydrogens (primary N) is 2. The smallest absolute Gasteiger partial charge is 0.484 e. The molecule has 1 amide bonds. The predicted octanol–water partition coefficient (Wildman–Crippen LogP) is 4.12. The van der Waals surface area contributed by atoms with E-state index in [4.69, 9.17) is 31.5 Å². The summed E-state index contributed by atoms with van der Waals surface area (Å²) < 4.78 is 38.6. The van der Waals surface area contributed by atoms with Gasteiger partial charge in [0.25, 0.3) is 5.91 Å². The summed E-state index contributed by atoms with van der Waals surface area (Å²) in [5.41, 5.74) is 14.6. The van der Waals surface area contributed by atoms with E-state index in [0.717, 1.165) is 32.3 Å². The van der Waals surface area contributed by atoms with Gasteiger partial charge >= 0.3 is 12.1 Å². The minimum atomic E-state index is -5.08. The Bertz CT molecular complexity index is 1300. The Labute approximate surface area is 228 Å². The Morgan fingerprint density at radius 3 is 2.58 bits per heavy atom. The minimum absolute atomic E-state index is 0.0206. The molecule has 0 saturated carbocycles. The number of likely N-dealkylation sites (tertiary alicyclic amines) is 1. The molecule has 1 aromatic carbocycles. The Kier molecular flexibility index (Phi) is 9.76. The third-order valence-electron chi connectivity index (χ3n) is 5.26. The van der Waals surface area contributed by atoms with Gasteiger partial charge in [-0.2, -0.15) is 13.2 Å². The van der Waals surface area contributed by atoms with E-state index in [1.807, 2.05) is 35.9 Å². The number of halogens is 3. The zero-order chi connectivity index (χ0) is 28.0. The summed E-state index contributed by atoms with van der Waals surface area (Å²) in [7, 11) is 0. The monoisotopic (exact) mass is 587 g/mol. The highest BCUT2D eigenvalue weighted by Gasteiger charge is 2.38. The fourth-order valence-corrected chi connectivity index (χ4v) is 6.23. The number of hydrogen-bond acceptors (Lipinski definition) is 9. The zero-order valence-electron chi connectivity index (χ0n) is 19.9. The Morgan fingerprint density at radius 2 is 2.05 bits per heavy atom. The lowest BCUT2D eigenvalue weighted by molar-refractivity contribution is -0.192. The minimum Gasteiger partial charge on any atom is -0.484 e. The maximum absolute atomic E-state index is 12.4. The molecule has 1 aliphatic heterocycles. The van der Waals surface area contributed by atoms with Crippen LogP contribution in [0.3, 0.4) is 0 Å². The van der Waals surface area contributed by atoms with E-state index < -0.39 is 12.1 Å². The molecule has 9 nitrogen and oxygen atoms in total. The SMILES string of the molecule is CSc1sc(C(=N)N)c(-c2nccs2)c1-c1cccc(OCC(=O)N2CCC(N)C2)c1.O=C(O)C(F)(F)F. The van der Waals surface area contributed by atoms with E-state index in [-0.39, 0.29) is 24.4 Å². The van der Waals surface area contributed by atoms with E-state index in [0.29, 0.717) is 23.7 Å². The van der Waals surface area contributed by atoms with Crippen molar-refractivity contribution in [2.45, 2.75) is 22.8 Å². The summed E-state index contributed by atoms with van der Waals surface area (Å²) in [6, 6.07) is 7.72. The number of thiazole rings is 1. The number of nitrogens with zero attached hydrogens (tertiary/aromatic N) is 2. The van der Waals surface area contributed by atoms with Crippen molar-refractivity contribution in [3.05, 3.63) is 40.7 Å². The molecule has 0 radical (unpaired) electrons. The Morgan fingerprint density at radius 1 is 1.34 bits per heavy atom. The van der Waals surface area contributed by atoms with Crippen LogP contribution in [0.15, 0.2) is 40.1 Å². The topological polar surface area (TPSA) is 156 Å². The van der Waals surface area contributed by atoms with E-state index in [2.05, 4.69) is 4.98 Å². The number of benzene rings is 1. The molecule has 1 atom stereocenters. The van der Waals surface area contributed by atoms with Gasteiger partial charge in [0.05, 0.1) is 9.09 Å². The molecule has 0 aliphatic carbocycles. The first-order valence-corrected chi connectivity index (χ1v) is 13.9. The molecule has 1 saturated heterocycles. The van der Waals surface area contributed by atoms with Crippen molar-refractivity contribution in [2.75, 3.05) is 26.0 Å². The van der Waals surface area contributed by atoms with Crippen molar-refractivity contribution >= 4 is 52.1 Å². The van der Waals surface area contributed by atoms with Crippen LogP contribution in [-0.2, 0) is 9.59 Å². The lowest BCUT2D eigenvalue weighted by Crippen LogP contribution is -2.35. The van der Waals surface area contributed by atoms with E-state index >= 15 is 0 Å². The van der Waals surface area contributed by atoms with Gasteiger partial charge in [0.15, 0.2) is 6.61 Å². The summed E-state index contributed by atoms with van der Waals surface area (Å²) in [5.74, 6) is -2.17. The van der Waals surface area contributed by atoms with Crippen LogP contribution >= 0.6 is 34.4 Å². The number of thiophene rings is 1. The molecule has 1 unspecified atom stereocenters. The quantitative estimate of drug-likeness (QED) is 0.183. The van der Waals surface area contributed by atoms with E-state index in [1.165, 1.54) is 22.7 Å². The zero-order valence-corrected chi connectivity index (χ0v) is 22.4. The molecule has 15 heteroatoms. The number of rotatable bonds is 7. The average Bonchev–Trinajstić information content (AvgIpc) is 3.61. The van der Waals surface area contributed by atoms with Crippen LogP contribution in [0.2, 0.25) is 0 Å². The van der Waals surface area contributed by atoms with Gasteiger partial charge in [-0.15, -0.1) is 34.4 Å². The van der Waals surface area contributed by atoms with Gasteiger partial charge in [-0.3, -0.25) is 10.2 Å². The van der Waals surface area contributed by atoms with Gasteiger partial charge in [-0.1, -0.05) is 12.1 Å². The molecular formula is C23H24F3N5O4S3. The Balaban J connectivity index is 0.000000505. The molecule has 1 aliphatic rings. The molecule has 38 heavy (non-hydrogen) atoms. The Hall–Kier alpha value is -3.14. The number of aromatic nitrogens is 1. The van der Waals surface area contributed by atoms with Crippen molar-refractivity contribution in [1.82, 2.24) is 9.88 Å². The van der Waals surface area contributed by atoms with Gasteiger partial charge in [0.2, 0.25) is 0 Å². The second kappa shape index (κ2) is 12.6. The third-order valence-corrected chi connectivity index (χ3v) is 8.39.